The molecule has 5 nitrogen and oxygen atoms in total. The van der Waals surface area contributed by atoms with Crippen LogP contribution in [0.1, 0.15) is 58.9 Å². The van der Waals surface area contributed by atoms with E-state index in [1.54, 1.807) is 6.92 Å². The molecule has 0 saturated heterocycles. The van der Waals surface area contributed by atoms with Gasteiger partial charge in [-0.25, -0.2) is 9.18 Å². The topological polar surface area (TPSA) is 62.4 Å². The predicted octanol–water partition coefficient (Wildman–Crippen LogP) is 5.34. The molecule has 0 radical (unpaired) electrons. The minimum absolute atomic E-state index is 0.0267. The normalized spacial score (nSPS) is 18.0. The lowest BCUT2D eigenvalue weighted by atomic mass is 9.81. The van der Waals surface area contributed by atoms with Gasteiger partial charge < -0.3 is 14.6 Å². The number of aryl methyl sites for hydroxylation is 1. The molecule has 0 fully saturated rings. The number of rotatable bonds is 3. The zero-order chi connectivity index (χ0) is 25.7. The van der Waals surface area contributed by atoms with E-state index < -0.39 is 36.1 Å². The summed E-state index contributed by atoms with van der Waals surface area (Å²) >= 11 is 0. The third-order valence-electron chi connectivity index (χ3n) is 5.69. The number of ether oxygens (including phenoxy) is 1. The molecule has 4 rings (SSSR count). The number of aromatic amines is 1. The lowest BCUT2D eigenvalue weighted by Crippen LogP contribution is -2.37. The Morgan fingerprint density at radius 3 is 2.72 bits per heavy atom. The van der Waals surface area contributed by atoms with E-state index >= 15 is 0 Å². The van der Waals surface area contributed by atoms with E-state index in [0.717, 1.165) is 16.5 Å². The Bertz CT molecular complexity index is 1360. The Labute approximate surface area is 191 Å². The summed E-state index contributed by atoms with van der Waals surface area (Å²) in [5.74, 6) is -1.86. The number of nitrogens with zero attached hydrogens (tertiary/aromatic N) is 1. The first kappa shape index (κ1) is 18.2. The Kier molecular flexibility index (Phi) is 4.51. The molecule has 1 aromatic heterocycles. The number of esters is 1. The molecule has 0 saturated carbocycles. The van der Waals surface area contributed by atoms with Gasteiger partial charge in [-0.1, -0.05) is 38.1 Å². The fourth-order valence-electron chi connectivity index (χ4n) is 4.22. The van der Waals surface area contributed by atoms with Crippen molar-refractivity contribution < 1.29 is 22.8 Å². The van der Waals surface area contributed by atoms with Gasteiger partial charge in [0.05, 0.1) is 17.4 Å². The number of H-pyrrole nitrogens is 1. The zero-order valence-corrected chi connectivity index (χ0v) is 18.5. The number of carbonyl (C=O) groups is 2. The van der Waals surface area contributed by atoms with Crippen LogP contribution in [0.2, 0.25) is 0 Å². The van der Waals surface area contributed by atoms with Gasteiger partial charge in [-0.15, -0.1) is 0 Å². The quantitative estimate of drug-likeness (QED) is 0.563. The van der Waals surface area contributed by atoms with E-state index in [9.17, 15) is 14.0 Å². The van der Waals surface area contributed by atoms with Crippen LogP contribution in [0.4, 0.5) is 4.39 Å². The van der Waals surface area contributed by atoms with E-state index in [4.69, 9.17) is 8.85 Å². The van der Waals surface area contributed by atoms with Crippen LogP contribution in [-0.2, 0) is 14.9 Å². The van der Waals surface area contributed by atoms with Crippen molar-refractivity contribution >= 4 is 28.4 Å². The Hall–Kier alpha value is -3.41. The summed E-state index contributed by atoms with van der Waals surface area (Å²) in [6.07, 6.45) is 0.0211. The standard InChI is InChI=1S/C26H27FN2O3/c1-15(2)32-25(31)19-13-29(24(30)17-11-10-16(3)20(27)12-17)14-26(4,5)22-18-8-6-7-9-21(18)28-23(19)22/h6-13,15,28H,14H2,1-5H3/i1D3. The van der Waals surface area contributed by atoms with Crippen LogP contribution in [-0.4, -0.2) is 34.4 Å². The number of amides is 1. The number of carbonyl (C=O) groups excluding carboxylic acids is 2. The van der Waals surface area contributed by atoms with Gasteiger partial charge in [-0.05, 0) is 50.0 Å². The SMILES string of the molecule is [2H]C([2H])([2H])C(C)OC(=O)C1=CN(C(=O)c2ccc(C)c(F)c2)CC(C)(C)c2c1[nH]c1ccccc21. The van der Waals surface area contributed by atoms with Gasteiger partial charge in [0.25, 0.3) is 5.91 Å². The summed E-state index contributed by atoms with van der Waals surface area (Å²) in [6, 6.07) is 11.8. The van der Waals surface area contributed by atoms with Crippen LogP contribution in [0.15, 0.2) is 48.7 Å². The summed E-state index contributed by atoms with van der Waals surface area (Å²) in [4.78, 5) is 31.4. The number of para-hydroxylation sites is 1. The van der Waals surface area contributed by atoms with Crippen LogP contribution >= 0.6 is 0 Å². The molecular weight excluding hydrogens is 407 g/mol. The molecule has 1 atom stereocenters. The molecule has 2 heterocycles. The summed E-state index contributed by atoms with van der Waals surface area (Å²) < 4.78 is 42.2. The van der Waals surface area contributed by atoms with Crippen LogP contribution in [0.5, 0.6) is 0 Å². The van der Waals surface area contributed by atoms with Gasteiger partial charge in [0.2, 0.25) is 0 Å². The maximum absolute atomic E-state index is 14.2. The van der Waals surface area contributed by atoms with E-state index in [0.29, 0.717) is 11.3 Å². The molecule has 32 heavy (non-hydrogen) atoms. The van der Waals surface area contributed by atoms with Crippen molar-refractivity contribution in [1.82, 2.24) is 9.88 Å². The third-order valence-corrected chi connectivity index (χ3v) is 5.69. The minimum atomic E-state index is -2.50. The van der Waals surface area contributed by atoms with E-state index in [2.05, 4.69) is 4.98 Å². The molecule has 1 amide bonds. The second-order valence-electron chi connectivity index (χ2n) is 8.79. The van der Waals surface area contributed by atoms with Crippen LogP contribution in [0.3, 0.4) is 0 Å². The Morgan fingerprint density at radius 1 is 1.25 bits per heavy atom. The molecule has 6 heteroatoms. The zero-order valence-electron chi connectivity index (χ0n) is 21.5. The van der Waals surface area contributed by atoms with Crippen molar-refractivity contribution in [2.45, 2.75) is 46.1 Å². The first-order valence-corrected chi connectivity index (χ1v) is 10.4. The van der Waals surface area contributed by atoms with E-state index in [1.807, 2.05) is 38.1 Å². The second kappa shape index (κ2) is 7.93. The van der Waals surface area contributed by atoms with Gasteiger partial charge in [-0.3, -0.25) is 4.79 Å². The molecule has 2 aromatic carbocycles. The molecule has 166 valence electrons. The number of halogens is 1. The number of fused-ring (bicyclic) bond motifs is 3. The summed E-state index contributed by atoms with van der Waals surface area (Å²) in [7, 11) is 0. The molecule has 0 aliphatic carbocycles. The molecule has 1 aliphatic rings. The van der Waals surface area contributed by atoms with Crippen LogP contribution in [0.25, 0.3) is 16.5 Å². The average Bonchev–Trinajstić information content (AvgIpc) is 3.12. The highest BCUT2D eigenvalue weighted by Crippen LogP contribution is 2.40. The van der Waals surface area contributed by atoms with Crippen LogP contribution < -0.4 is 0 Å². The monoisotopic (exact) mass is 437 g/mol. The number of hydrogen-bond donors (Lipinski definition) is 1. The highest BCUT2D eigenvalue weighted by atomic mass is 19.1. The molecular formula is C26H27FN2O3. The minimum Gasteiger partial charge on any atom is -0.459 e. The van der Waals surface area contributed by atoms with Crippen LogP contribution in [0, 0.1) is 12.7 Å². The Morgan fingerprint density at radius 2 is 2.00 bits per heavy atom. The van der Waals surface area contributed by atoms with Gasteiger partial charge >= 0.3 is 5.97 Å². The van der Waals surface area contributed by atoms with Gasteiger partial charge in [0.15, 0.2) is 0 Å². The summed E-state index contributed by atoms with van der Waals surface area (Å²) in [6.45, 7) is 4.51. The maximum atomic E-state index is 14.2. The highest BCUT2D eigenvalue weighted by molar-refractivity contribution is 6.18. The van der Waals surface area contributed by atoms with Gasteiger partial charge in [-0.2, -0.15) is 0 Å². The molecule has 0 spiro atoms. The highest BCUT2D eigenvalue weighted by Gasteiger charge is 2.37. The van der Waals surface area contributed by atoms with Crippen molar-refractivity contribution in [2.24, 2.45) is 0 Å². The smallest absolute Gasteiger partial charge is 0.342 e. The fourth-order valence-corrected chi connectivity index (χ4v) is 4.22. The second-order valence-corrected chi connectivity index (χ2v) is 8.79. The number of aromatic nitrogens is 1. The summed E-state index contributed by atoms with van der Waals surface area (Å²) in [5, 5.41) is 0.880. The molecule has 1 aliphatic heterocycles. The van der Waals surface area contributed by atoms with Gasteiger partial charge in [0, 0.05) is 38.7 Å². The van der Waals surface area contributed by atoms with Crippen molar-refractivity contribution in [3.8, 4) is 0 Å². The van der Waals surface area contributed by atoms with Crippen molar-refractivity contribution in [2.75, 3.05) is 6.54 Å². The fraction of sp³-hybridized carbons (Fsp3) is 0.308. The molecule has 1 N–H and O–H groups in total. The van der Waals surface area contributed by atoms with Gasteiger partial charge in [0.1, 0.15) is 5.82 Å². The van der Waals surface area contributed by atoms with E-state index in [1.165, 1.54) is 36.2 Å². The summed E-state index contributed by atoms with van der Waals surface area (Å²) in [5.41, 5.74) is 2.03. The largest absolute Gasteiger partial charge is 0.459 e. The third kappa shape index (κ3) is 3.81. The lowest BCUT2D eigenvalue weighted by molar-refractivity contribution is -0.140. The van der Waals surface area contributed by atoms with E-state index in [-0.39, 0.29) is 17.7 Å². The first-order valence-electron chi connectivity index (χ1n) is 11.9. The lowest BCUT2D eigenvalue weighted by Gasteiger charge is -2.29. The number of benzene rings is 2. The first-order chi connectivity index (χ1) is 16.3. The predicted molar refractivity (Wildman–Crippen MR) is 123 cm³/mol. The Balaban J connectivity index is 1.87. The average molecular weight is 438 g/mol. The molecule has 0 bridgehead atoms. The number of nitrogens with one attached hydrogen (secondary N) is 1. The maximum Gasteiger partial charge on any atom is 0.342 e. The van der Waals surface area contributed by atoms with Crippen molar-refractivity contribution in [3.63, 3.8) is 0 Å². The molecule has 3 aromatic rings. The number of hydrogen-bond acceptors (Lipinski definition) is 3. The molecule has 1 unspecified atom stereocenters. The van der Waals surface area contributed by atoms with Crippen molar-refractivity contribution in [3.05, 3.63) is 76.9 Å². The van der Waals surface area contributed by atoms with Crippen molar-refractivity contribution in [1.29, 1.82) is 0 Å².